The zero-order valence-corrected chi connectivity index (χ0v) is 10.8. The predicted octanol–water partition coefficient (Wildman–Crippen LogP) is 2.29. The van der Waals surface area contributed by atoms with Gasteiger partial charge in [0.1, 0.15) is 11.6 Å². The first-order chi connectivity index (χ1) is 8.60. The summed E-state index contributed by atoms with van der Waals surface area (Å²) in [6, 6.07) is 1.84. The fraction of sp³-hybridized carbons (Fsp3) is 0.286. The summed E-state index contributed by atoms with van der Waals surface area (Å²) >= 11 is 0. The van der Waals surface area contributed by atoms with Crippen molar-refractivity contribution >= 4 is 5.97 Å². The van der Waals surface area contributed by atoms with Crippen molar-refractivity contribution in [2.45, 2.75) is 13.8 Å². The van der Waals surface area contributed by atoms with Gasteiger partial charge >= 0.3 is 5.97 Å². The summed E-state index contributed by atoms with van der Waals surface area (Å²) in [5, 5.41) is 8.88. The molecule has 94 valence electrons. The Morgan fingerprint density at radius 1 is 1.61 bits per heavy atom. The minimum atomic E-state index is -0.591. The van der Waals surface area contributed by atoms with Crippen molar-refractivity contribution in [3.63, 3.8) is 0 Å². The van der Waals surface area contributed by atoms with Crippen LogP contribution in [0.3, 0.4) is 0 Å². The molecule has 1 heterocycles. The van der Waals surface area contributed by atoms with Crippen molar-refractivity contribution in [2.24, 2.45) is 0 Å². The van der Waals surface area contributed by atoms with Crippen LogP contribution >= 0.6 is 0 Å². The van der Waals surface area contributed by atoms with Crippen LogP contribution in [-0.2, 0) is 9.53 Å². The highest BCUT2D eigenvalue weighted by Gasteiger charge is 2.10. The Balaban J connectivity index is 2.90. The van der Waals surface area contributed by atoms with E-state index in [9.17, 15) is 4.79 Å². The van der Waals surface area contributed by atoms with Gasteiger partial charge in [-0.2, -0.15) is 5.26 Å². The van der Waals surface area contributed by atoms with E-state index >= 15 is 0 Å². The maximum Gasteiger partial charge on any atom is 0.348 e. The molecule has 1 aliphatic rings. The van der Waals surface area contributed by atoms with E-state index in [4.69, 9.17) is 10.00 Å². The standard InChI is InChI=1S/C14H16N2O2/c1-4-18-14(17)12(10-15)8-9-13-7-5-6-11(2)16(13)3/h5-9H,4H2,1-3H3/b12-8+,13-9+. The molecule has 4 heteroatoms. The van der Waals surface area contributed by atoms with Crippen LogP contribution in [0, 0.1) is 11.3 Å². The van der Waals surface area contributed by atoms with Crippen LogP contribution in [0.1, 0.15) is 13.8 Å². The molecule has 0 aromatic heterocycles. The average molecular weight is 244 g/mol. The van der Waals surface area contributed by atoms with E-state index < -0.39 is 5.97 Å². The Bertz CT molecular complexity index is 490. The minimum absolute atomic E-state index is 0.00152. The summed E-state index contributed by atoms with van der Waals surface area (Å²) in [6.07, 6.45) is 9.02. The van der Waals surface area contributed by atoms with Crippen LogP contribution in [0.25, 0.3) is 0 Å². The molecule has 0 saturated carbocycles. The Morgan fingerprint density at radius 2 is 2.33 bits per heavy atom. The third-order valence-electron chi connectivity index (χ3n) is 2.56. The quantitative estimate of drug-likeness (QED) is 0.434. The Labute approximate surface area is 107 Å². The smallest absolute Gasteiger partial charge is 0.348 e. The van der Waals surface area contributed by atoms with Crippen molar-refractivity contribution in [3.8, 4) is 6.07 Å². The number of carbonyl (C=O) groups is 1. The van der Waals surface area contributed by atoms with Crippen LogP contribution in [0.2, 0.25) is 0 Å². The number of rotatable bonds is 3. The van der Waals surface area contributed by atoms with Crippen LogP contribution in [0.4, 0.5) is 0 Å². The molecule has 0 fully saturated rings. The van der Waals surface area contributed by atoms with Crippen molar-refractivity contribution in [1.29, 1.82) is 5.26 Å². The molecule has 0 aromatic rings. The number of carbonyl (C=O) groups excluding carboxylic acids is 1. The van der Waals surface area contributed by atoms with E-state index in [2.05, 4.69) is 0 Å². The van der Waals surface area contributed by atoms with Crippen LogP contribution in [-0.4, -0.2) is 24.5 Å². The van der Waals surface area contributed by atoms with E-state index in [1.165, 1.54) is 6.08 Å². The SMILES string of the molecule is CCOC(=O)/C(C#N)=C/C=C1\C=CC=C(C)N1C. The van der Waals surface area contributed by atoms with E-state index in [0.29, 0.717) is 0 Å². The molecule has 0 amide bonds. The number of nitrogens with zero attached hydrogens (tertiary/aromatic N) is 2. The topological polar surface area (TPSA) is 53.3 Å². The van der Waals surface area contributed by atoms with Gasteiger partial charge in [-0.05, 0) is 38.2 Å². The van der Waals surface area contributed by atoms with Gasteiger partial charge < -0.3 is 9.64 Å². The molecule has 0 spiro atoms. The highest BCUT2D eigenvalue weighted by molar-refractivity contribution is 5.93. The average Bonchev–Trinajstić information content (AvgIpc) is 2.35. The van der Waals surface area contributed by atoms with Gasteiger partial charge in [0, 0.05) is 18.4 Å². The number of esters is 1. The molecule has 0 aliphatic carbocycles. The Hall–Kier alpha value is -2.28. The lowest BCUT2D eigenvalue weighted by molar-refractivity contribution is -0.138. The third kappa shape index (κ3) is 3.36. The number of allylic oxidation sites excluding steroid dienone is 6. The van der Waals surface area contributed by atoms with Gasteiger partial charge in [0.05, 0.1) is 6.61 Å². The van der Waals surface area contributed by atoms with E-state index in [1.54, 1.807) is 13.0 Å². The fourth-order valence-corrected chi connectivity index (χ4v) is 1.41. The Kier molecular flexibility index (Phi) is 4.94. The van der Waals surface area contributed by atoms with Gasteiger partial charge in [-0.3, -0.25) is 0 Å². The van der Waals surface area contributed by atoms with Gasteiger partial charge in [-0.1, -0.05) is 6.08 Å². The van der Waals surface area contributed by atoms with Gasteiger partial charge in [0.25, 0.3) is 0 Å². The number of nitriles is 1. The summed E-state index contributed by atoms with van der Waals surface area (Å²) in [7, 11) is 1.92. The molecule has 0 saturated heterocycles. The van der Waals surface area contributed by atoms with E-state index in [0.717, 1.165) is 11.4 Å². The molecule has 1 aliphatic heterocycles. The van der Waals surface area contributed by atoms with Gasteiger partial charge in [-0.25, -0.2) is 4.79 Å². The second-order valence-electron chi connectivity index (χ2n) is 3.73. The van der Waals surface area contributed by atoms with Crippen LogP contribution < -0.4 is 0 Å². The maximum atomic E-state index is 11.4. The second-order valence-corrected chi connectivity index (χ2v) is 3.73. The van der Waals surface area contributed by atoms with Crippen molar-refractivity contribution < 1.29 is 9.53 Å². The van der Waals surface area contributed by atoms with Crippen molar-refractivity contribution in [2.75, 3.05) is 13.7 Å². The summed E-state index contributed by atoms with van der Waals surface area (Å²) < 4.78 is 4.78. The fourth-order valence-electron chi connectivity index (χ4n) is 1.41. The van der Waals surface area contributed by atoms with Crippen LogP contribution in [0.5, 0.6) is 0 Å². The maximum absolute atomic E-state index is 11.4. The molecule has 0 aromatic carbocycles. The lowest BCUT2D eigenvalue weighted by Gasteiger charge is -2.23. The van der Waals surface area contributed by atoms with Gasteiger partial charge in [0.2, 0.25) is 0 Å². The summed E-state index contributed by atoms with van der Waals surface area (Å²) in [5.41, 5.74) is 2.00. The molecule has 0 N–H and O–H groups in total. The van der Waals surface area contributed by atoms with Crippen molar-refractivity contribution in [1.82, 2.24) is 4.90 Å². The van der Waals surface area contributed by atoms with Gasteiger partial charge in [-0.15, -0.1) is 0 Å². The lowest BCUT2D eigenvalue weighted by atomic mass is 10.2. The number of likely N-dealkylation sites (N-methyl/N-ethyl adjacent to an activating group) is 1. The van der Waals surface area contributed by atoms with Crippen LogP contribution in [0.15, 0.2) is 47.3 Å². The highest BCUT2D eigenvalue weighted by atomic mass is 16.5. The monoisotopic (exact) mass is 244 g/mol. The third-order valence-corrected chi connectivity index (χ3v) is 2.56. The van der Waals surface area contributed by atoms with Crippen molar-refractivity contribution in [3.05, 3.63) is 47.3 Å². The summed E-state index contributed by atoms with van der Waals surface area (Å²) in [5.74, 6) is -0.591. The predicted molar refractivity (Wildman–Crippen MR) is 69.1 cm³/mol. The number of hydrogen-bond donors (Lipinski definition) is 0. The minimum Gasteiger partial charge on any atom is -0.462 e. The van der Waals surface area contributed by atoms with E-state index in [1.807, 2.05) is 43.2 Å². The molecule has 18 heavy (non-hydrogen) atoms. The first kappa shape index (κ1) is 13.8. The molecular weight excluding hydrogens is 228 g/mol. The molecular formula is C14H16N2O2. The normalized spacial score (nSPS) is 17.4. The second kappa shape index (κ2) is 6.45. The molecule has 0 atom stereocenters. The first-order valence-electron chi connectivity index (χ1n) is 5.68. The van der Waals surface area contributed by atoms with E-state index in [-0.39, 0.29) is 12.2 Å². The molecule has 0 unspecified atom stereocenters. The number of hydrogen-bond acceptors (Lipinski definition) is 4. The molecule has 0 radical (unpaired) electrons. The largest absolute Gasteiger partial charge is 0.462 e. The summed E-state index contributed by atoms with van der Waals surface area (Å²) in [6.45, 7) is 3.95. The zero-order chi connectivity index (χ0) is 13.5. The highest BCUT2D eigenvalue weighted by Crippen LogP contribution is 2.16. The molecule has 0 bridgehead atoms. The lowest BCUT2D eigenvalue weighted by Crippen LogP contribution is -2.16. The van der Waals surface area contributed by atoms with Gasteiger partial charge in [0.15, 0.2) is 0 Å². The number of ether oxygens (including phenoxy) is 1. The summed E-state index contributed by atoms with van der Waals surface area (Å²) in [4.78, 5) is 13.4. The first-order valence-corrected chi connectivity index (χ1v) is 5.68. The molecule has 1 rings (SSSR count). The molecule has 4 nitrogen and oxygen atoms in total. The zero-order valence-electron chi connectivity index (χ0n) is 10.8. The Morgan fingerprint density at radius 3 is 2.94 bits per heavy atom.